The molecule has 1 aromatic carbocycles. The van der Waals surface area contributed by atoms with E-state index in [1.165, 1.54) is 0 Å². The summed E-state index contributed by atoms with van der Waals surface area (Å²) in [7, 11) is 1.81. The first-order chi connectivity index (χ1) is 8.00. The van der Waals surface area contributed by atoms with Gasteiger partial charge in [0.1, 0.15) is 0 Å². The van der Waals surface area contributed by atoms with E-state index in [-0.39, 0.29) is 5.91 Å². The Kier molecular flexibility index (Phi) is 5.16. The number of amides is 1. The maximum atomic E-state index is 12.0. The largest absolute Gasteiger partial charge is 0.344 e. The van der Waals surface area contributed by atoms with Gasteiger partial charge in [-0.1, -0.05) is 44.2 Å². The van der Waals surface area contributed by atoms with Crippen LogP contribution in [0.25, 0.3) is 0 Å². The molecule has 1 amide bonds. The summed E-state index contributed by atoms with van der Waals surface area (Å²) in [5, 5.41) is 0. The predicted octanol–water partition coefficient (Wildman–Crippen LogP) is 1.67. The Balaban J connectivity index is 2.52. The molecular formula is C14H22N2O. The van der Waals surface area contributed by atoms with Crippen molar-refractivity contribution >= 4 is 5.91 Å². The van der Waals surface area contributed by atoms with Gasteiger partial charge in [0.05, 0.1) is 6.04 Å². The van der Waals surface area contributed by atoms with Crippen LogP contribution in [0.15, 0.2) is 30.3 Å². The van der Waals surface area contributed by atoms with E-state index in [0.717, 1.165) is 12.1 Å². The van der Waals surface area contributed by atoms with Gasteiger partial charge in [0, 0.05) is 13.6 Å². The van der Waals surface area contributed by atoms with Gasteiger partial charge in [-0.3, -0.25) is 4.79 Å². The summed E-state index contributed by atoms with van der Waals surface area (Å²) in [5.74, 6) is 0.482. The molecule has 0 aliphatic carbocycles. The lowest BCUT2D eigenvalue weighted by atomic mass is 10.1. The van der Waals surface area contributed by atoms with Crippen molar-refractivity contribution < 1.29 is 4.79 Å². The van der Waals surface area contributed by atoms with Crippen LogP contribution >= 0.6 is 0 Å². The van der Waals surface area contributed by atoms with Crippen LogP contribution in [0.2, 0.25) is 0 Å². The Bertz CT molecular complexity index is 348. The number of benzene rings is 1. The van der Waals surface area contributed by atoms with Gasteiger partial charge in [0.25, 0.3) is 0 Å². The van der Waals surface area contributed by atoms with Crippen molar-refractivity contribution in [2.45, 2.75) is 26.3 Å². The van der Waals surface area contributed by atoms with Gasteiger partial charge >= 0.3 is 0 Å². The minimum absolute atomic E-state index is 0.0163. The fraction of sp³-hybridized carbons (Fsp3) is 0.500. The highest BCUT2D eigenvalue weighted by atomic mass is 16.2. The molecular weight excluding hydrogens is 212 g/mol. The van der Waals surface area contributed by atoms with Crippen molar-refractivity contribution in [1.29, 1.82) is 0 Å². The lowest BCUT2D eigenvalue weighted by Gasteiger charge is -2.23. The Morgan fingerprint density at radius 2 is 1.88 bits per heavy atom. The van der Waals surface area contributed by atoms with Crippen LogP contribution in [0.4, 0.5) is 0 Å². The van der Waals surface area contributed by atoms with E-state index in [1.807, 2.05) is 37.4 Å². The molecule has 0 unspecified atom stereocenters. The van der Waals surface area contributed by atoms with Crippen LogP contribution in [0.5, 0.6) is 0 Å². The lowest BCUT2D eigenvalue weighted by molar-refractivity contribution is -0.131. The molecule has 0 aliphatic rings. The molecule has 3 nitrogen and oxygen atoms in total. The Morgan fingerprint density at radius 1 is 1.29 bits per heavy atom. The molecule has 0 fully saturated rings. The van der Waals surface area contributed by atoms with Gasteiger partial charge in [-0.05, 0) is 17.9 Å². The molecule has 0 aliphatic heterocycles. The summed E-state index contributed by atoms with van der Waals surface area (Å²) in [6.45, 7) is 4.93. The van der Waals surface area contributed by atoms with E-state index in [1.54, 1.807) is 4.90 Å². The van der Waals surface area contributed by atoms with Gasteiger partial charge in [0.2, 0.25) is 5.91 Å². The predicted molar refractivity (Wildman–Crippen MR) is 70.6 cm³/mol. The van der Waals surface area contributed by atoms with Crippen LogP contribution in [0, 0.1) is 5.92 Å². The highest BCUT2D eigenvalue weighted by Gasteiger charge is 2.18. The highest BCUT2D eigenvalue weighted by Crippen LogP contribution is 2.05. The molecule has 0 heterocycles. The van der Waals surface area contributed by atoms with Gasteiger partial charge in [-0.2, -0.15) is 0 Å². The number of likely N-dealkylation sites (N-methyl/N-ethyl adjacent to an activating group) is 1. The number of nitrogens with zero attached hydrogens (tertiary/aromatic N) is 1. The number of hydrogen-bond acceptors (Lipinski definition) is 2. The van der Waals surface area contributed by atoms with Crippen LogP contribution in [0.3, 0.4) is 0 Å². The molecule has 0 aromatic heterocycles. The monoisotopic (exact) mass is 234 g/mol. The summed E-state index contributed by atoms with van der Waals surface area (Å²) in [6.07, 6.45) is 0.599. The SMILES string of the molecule is CC(C)CN(C)C(=O)[C@@H](N)Cc1ccccc1. The summed E-state index contributed by atoms with van der Waals surface area (Å²) >= 11 is 0. The van der Waals surface area contributed by atoms with Crippen molar-refractivity contribution in [2.24, 2.45) is 11.7 Å². The molecule has 17 heavy (non-hydrogen) atoms. The van der Waals surface area contributed by atoms with Crippen molar-refractivity contribution in [1.82, 2.24) is 4.90 Å². The maximum Gasteiger partial charge on any atom is 0.239 e. The Labute approximate surface area is 104 Å². The molecule has 94 valence electrons. The zero-order valence-corrected chi connectivity index (χ0v) is 10.9. The molecule has 0 radical (unpaired) electrons. The normalized spacial score (nSPS) is 12.5. The van der Waals surface area contributed by atoms with E-state index in [9.17, 15) is 4.79 Å². The Morgan fingerprint density at radius 3 is 2.41 bits per heavy atom. The summed E-state index contributed by atoms with van der Waals surface area (Å²) in [6, 6.07) is 9.43. The van der Waals surface area contributed by atoms with Gasteiger partial charge < -0.3 is 10.6 Å². The molecule has 1 rings (SSSR count). The molecule has 1 atom stereocenters. The third kappa shape index (κ3) is 4.57. The van der Waals surface area contributed by atoms with Gasteiger partial charge in [-0.15, -0.1) is 0 Å². The van der Waals surface area contributed by atoms with Gasteiger partial charge in [0.15, 0.2) is 0 Å². The summed E-state index contributed by atoms with van der Waals surface area (Å²) in [4.78, 5) is 13.7. The molecule has 0 saturated carbocycles. The van der Waals surface area contributed by atoms with Crippen molar-refractivity contribution in [3.05, 3.63) is 35.9 Å². The van der Waals surface area contributed by atoms with Crippen LogP contribution in [-0.2, 0) is 11.2 Å². The number of nitrogens with two attached hydrogens (primary N) is 1. The number of carbonyl (C=O) groups is 1. The lowest BCUT2D eigenvalue weighted by Crippen LogP contribution is -2.44. The average molecular weight is 234 g/mol. The molecule has 3 heteroatoms. The fourth-order valence-electron chi connectivity index (χ4n) is 1.88. The summed E-state index contributed by atoms with van der Waals surface area (Å²) in [5.41, 5.74) is 7.04. The van der Waals surface area contributed by atoms with Crippen molar-refractivity contribution in [2.75, 3.05) is 13.6 Å². The topological polar surface area (TPSA) is 46.3 Å². The van der Waals surface area contributed by atoms with E-state index in [4.69, 9.17) is 5.73 Å². The minimum Gasteiger partial charge on any atom is -0.344 e. The third-order valence-electron chi connectivity index (χ3n) is 2.63. The number of rotatable bonds is 5. The maximum absolute atomic E-state index is 12.0. The zero-order valence-electron chi connectivity index (χ0n) is 10.9. The quantitative estimate of drug-likeness (QED) is 0.842. The number of carbonyl (C=O) groups excluding carboxylic acids is 1. The summed E-state index contributed by atoms with van der Waals surface area (Å²) < 4.78 is 0. The van der Waals surface area contributed by atoms with Crippen LogP contribution in [0.1, 0.15) is 19.4 Å². The van der Waals surface area contributed by atoms with Crippen molar-refractivity contribution in [3.8, 4) is 0 Å². The standard InChI is InChI=1S/C14H22N2O/c1-11(2)10-16(3)14(17)13(15)9-12-7-5-4-6-8-12/h4-8,11,13H,9-10,15H2,1-3H3/t13-/m0/s1. The first-order valence-corrected chi connectivity index (χ1v) is 6.05. The fourth-order valence-corrected chi connectivity index (χ4v) is 1.88. The van der Waals surface area contributed by atoms with E-state index >= 15 is 0 Å². The Hall–Kier alpha value is -1.35. The zero-order chi connectivity index (χ0) is 12.8. The van der Waals surface area contributed by atoms with Crippen LogP contribution < -0.4 is 5.73 Å². The van der Waals surface area contributed by atoms with E-state index in [0.29, 0.717) is 12.3 Å². The second-order valence-electron chi connectivity index (χ2n) is 4.91. The van der Waals surface area contributed by atoms with Crippen LogP contribution in [-0.4, -0.2) is 30.4 Å². The molecule has 0 spiro atoms. The molecule has 0 saturated heterocycles. The highest BCUT2D eigenvalue weighted by molar-refractivity contribution is 5.81. The average Bonchev–Trinajstić information content (AvgIpc) is 2.28. The molecule has 0 bridgehead atoms. The second kappa shape index (κ2) is 6.40. The third-order valence-corrected chi connectivity index (χ3v) is 2.63. The van der Waals surface area contributed by atoms with E-state index < -0.39 is 6.04 Å². The molecule has 1 aromatic rings. The second-order valence-corrected chi connectivity index (χ2v) is 4.91. The van der Waals surface area contributed by atoms with Gasteiger partial charge in [-0.25, -0.2) is 0 Å². The first-order valence-electron chi connectivity index (χ1n) is 6.05. The smallest absolute Gasteiger partial charge is 0.239 e. The molecule has 2 N–H and O–H groups in total. The van der Waals surface area contributed by atoms with E-state index in [2.05, 4.69) is 13.8 Å². The minimum atomic E-state index is -0.443. The van der Waals surface area contributed by atoms with Crippen molar-refractivity contribution in [3.63, 3.8) is 0 Å². The number of hydrogen-bond donors (Lipinski definition) is 1. The first kappa shape index (κ1) is 13.7.